The number of hydrogen-bond donors (Lipinski definition) is 1. The third kappa shape index (κ3) is 2.73. The molecule has 4 nitrogen and oxygen atoms in total. The summed E-state index contributed by atoms with van der Waals surface area (Å²) in [5.74, 6) is 0.356. The molecule has 0 bridgehead atoms. The standard InChI is InChI=1S/C8H12ClN3O/c1-3-5(2)13-7-6(10)4-11-8(9)12-7/h4-5H,3,10H2,1-2H3. The first-order chi connectivity index (χ1) is 6.13. The molecule has 0 saturated heterocycles. The van der Waals surface area contributed by atoms with Crippen molar-refractivity contribution in [2.24, 2.45) is 0 Å². The number of nitrogens with zero attached hydrogens (tertiary/aromatic N) is 2. The van der Waals surface area contributed by atoms with Gasteiger partial charge in [0.15, 0.2) is 0 Å². The highest BCUT2D eigenvalue weighted by atomic mass is 35.5. The van der Waals surface area contributed by atoms with Crippen LogP contribution in [0.1, 0.15) is 20.3 Å². The summed E-state index contributed by atoms with van der Waals surface area (Å²) in [5, 5.41) is 0.146. The van der Waals surface area contributed by atoms with E-state index in [9.17, 15) is 0 Å². The minimum atomic E-state index is 0.0771. The maximum Gasteiger partial charge on any atom is 0.241 e. The number of anilines is 1. The van der Waals surface area contributed by atoms with Crippen LogP contribution in [0.25, 0.3) is 0 Å². The van der Waals surface area contributed by atoms with Crippen LogP contribution >= 0.6 is 11.6 Å². The number of aromatic nitrogens is 2. The summed E-state index contributed by atoms with van der Waals surface area (Å²) in [7, 11) is 0. The van der Waals surface area contributed by atoms with Crippen LogP contribution in [0.5, 0.6) is 5.88 Å². The van der Waals surface area contributed by atoms with Crippen LogP contribution in [-0.4, -0.2) is 16.1 Å². The fourth-order valence-corrected chi connectivity index (χ4v) is 0.849. The Morgan fingerprint density at radius 2 is 2.38 bits per heavy atom. The highest BCUT2D eigenvalue weighted by Gasteiger charge is 2.07. The fraction of sp³-hybridized carbons (Fsp3) is 0.500. The van der Waals surface area contributed by atoms with E-state index in [0.29, 0.717) is 11.6 Å². The van der Waals surface area contributed by atoms with Gasteiger partial charge in [0.25, 0.3) is 0 Å². The molecule has 1 atom stereocenters. The summed E-state index contributed by atoms with van der Waals surface area (Å²) in [6, 6.07) is 0. The molecule has 1 heterocycles. The molecule has 1 aromatic rings. The number of nitrogen functional groups attached to an aromatic ring is 1. The maximum absolute atomic E-state index is 5.59. The van der Waals surface area contributed by atoms with E-state index in [2.05, 4.69) is 9.97 Å². The third-order valence-electron chi connectivity index (χ3n) is 1.64. The molecule has 1 rings (SSSR count). The molecule has 0 spiro atoms. The topological polar surface area (TPSA) is 61.0 Å². The van der Waals surface area contributed by atoms with E-state index in [4.69, 9.17) is 22.1 Å². The van der Waals surface area contributed by atoms with Crippen LogP contribution in [0, 0.1) is 0 Å². The van der Waals surface area contributed by atoms with Crippen LogP contribution in [0.4, 0.5) is 5.69 Å². The molecule has 0 amide bonds. The zero-order chi connectivity index (χ0) is 9.84. The Morgan fingerprint density at radius 1 is 1.69 bits per heavy atom. The molecule has 0 fully saturated rings. The predicted molar refractivity (Wildman–Crippen MR) is 51.8 cm³/mol. The first-order valence-electron chi connectivity index (χ1n) is 4.08. The molecule has 5 heteroatoms. The molecular formula is C8H12ClN3O. The molecule has 0 radical (unpaired) electrons. The van der Waals surface area contributed by atoms with Gasteiger partial charge in [-0.05, 0) is 24.9 Å². The van der Waals surface area contributed by atoms with Gasteiger partial charge in [-0.1, -0.05) is 6.92 Å². The molecule has 0 aliphatic rings. The van der Waals surface area contributed by atoms with E-state index in [0.717, 1.165) is 6.42 Å². The summed E-state index contributed by atoms with van der Waals surface area (Å²) in [6.07, 6.45) is 2.40. The fourth-order valence-electron chi connectivity index (χ4n) is 0.724. The number of nitrogens with two attached hydrogens (primary N) is 1. The normalized spacial score (nSPS) is 12.5. The predicted octanol–water partition coefficient (Wildman–Crippen LogP) is 1.89. The van der Waals surface area contributed by atoms with Crippen LogP contribution < -0.4 is 10.5 Å². The van der Waals surface area contributed by atoms with E-state index in [1.54, 1.807) is 0 Å². The average molecular weight is 202 g/mol. The van der Waals surface area contributed by atoms with Crippen LogP contribution in [0.3, 0.4) is 0 Å². The Labute approximate surface area is 82.1 Å². The van der Waals surface area contributed by atoms with Crippen molar-refractivity contribution < 1.29 is 4.74 Å². The lowest BCUT2D eigenvalue weighted by Crippen LogP contribution is -2.12. The smallest absolute Gasteiger partial charge is 0.241 e. The number of hydrogen-bond acceptors (Lipinski definition) is 4. The van der Waals surface area contributed by atoms with Gasteiger partial charge in [0.1, 0.15) is 5.69 Å². The van der Waals surface area contributed by atoms with Crippen LogP contribution in [0.2, 0.25) is 5.28 Å². The van der Waals surface area contributed by atoms with Gasteiger partial charge in [-0.3, -0.25) is 0 Å². The van der Waals surface area contributed by atoms with E-state index >= 15 is 0 Å². The largest absolute Gasteiger partial charge is 0.473 e. The van der Waals surface area contributed by atoms with Crippen molar-refractivity contribution in [2.45, 2.75) is 26.4 Å². The van der Waals surface area contributed by atoms with Crippen molar-refractivity contribution in [1.29, 1.82) is 0 Å². The summed E-state index contributed by atoms with van der Waals surface area (Å²) in [5.41, 5.74) is 5.99. The number of halogens is 1. The lowest BCUT2D eigenvalue weighted by atomic mass is 10.3. The van der Waals surface area contributed by atoms with Gasteiger partial charge in [0.2, 0.25) is 11.2 Å². The van der Waals surface area contributed by atoms with Crippen molar-refractivity contribution in [3.05, 3.63) is 11.5 Å². The van der Waals surface area contributed by atoms with Crippen molar-refractivity contribution >= 4 is 17.3 Å². The van der Waals surface area contributed by atoms with Gasteiger partial charge < -0.3 is 10.5 Å². The van der Waals surface area contributed by atoms with E-state index in [1.807, 2.05) is 13.8 Å². The lowest BCUT2D eigenvalue weighted by molar-refractivity contribution is 0.210. The van der Waals surface area contributed by atoms with Crippen molar-refractivity contribution in [3.63, 3.8) is 0 Å². The molecule has 0 saturated carbocycles. The second kappa shape index (κ2) is 4.28. The maximum atomic E-state index is 5.59. The second-order valence-corrected chi connectivity index (χ2v) is 3.07. The van der Waals surface area contributed by atoms with E-state index < -0.39 is 0 Å². The Bertz CT molecular complexity index is 293. The van der Waals surface area contributed by atoms with Gasteiger partial charge in [-0.15, -0.1) is 0 Å². The van der Waals surface area contributed by atoms with Crippen molar-refractivity contribution in [3.8, 4) is 5.88 Å². The third-order valence-corrected chi connectivity index (χ3v) is 1.82. The molecule has 0 aromatic carbocycles. The molecule has 72 valence electrons. The van der Waals surface area contributed by atoms with Crippen molar-refractivity contribution in [2.75, 3.05) is 5.73 Å². The molecular weight excluding hydrogens is 190 g/mol. The minimum Gasteiger partial charge on any atom is -0.473 e. The van der Waals surface area contributed by atoms with E-state index in [-0.39, 0.29) is 11.4 Å². The summed E-state index contributed by atoms with van der Waals surface area (Å²) < 4.78 is 5.41. The summed E-state index contributed by atoms with van der Waals surface area (Å²) in [6.45, 7) is 3.96. The van der Waals surface area contributed by atoms with Gasteiger partial charge in [0, 0.05) is 0 Å². The Kier molecular flexibility index (Phi) is 3.31. The summed E-state index contributed by atoms with van der Waals surface area (Å²) in [4.78, 5) is 7.59. The Hall–Kier alpha value is -1.03. The highest BCUT2D eigenvalue weighted by molar-refractivity contribution is 6.28. The molecule has 2 N–H and O–H groups in total. The average Bonchev–Trinajstić information content (AvgIpc) is 2.11. The minimum absolute atomic E-state index is 0.0771. The van der Waals surface area contributed by atoms with Gasteiger partial charge in [-0.2, -0.15) is 4.98 Å². The molecule has 1 unspecified atom stereocenters. The number of ether oxygens (including phenoxy) is 1. The van der Waals surface area contributed by atoms with Gasteiger partial charge >= 0.3 is 0 Å². The summed E-state index contributed by atoms with van der Waals surface area (Å²) >= 11 is 5.59. The van der Waals surface area contributed by atoms with Gasteiger partial charge in [0.05, 0.1) is 12.3 Å². The highest BCUT2D eigenvalue weighted by Crippen LogP contribution is 2.20. The number of rotatable bonds is 3. The molecule has 0 aliphatic heterocycles. The van der Waals surface area contributed by atoms with E-state index in [1.165, 1.54) is 6.20 Å². The first-order valence-corrected chi connectivity index (χ1v) is 4.46. The first kappa shape index (κ1) is 10.1. The quantitative estimate of drug-likeness (QED) is 0.759. The second-order valence-electron chi connectivity index (χ2n) is 2.74. The monoisotopic (exact) mass is 201 g/mol. The lowest BCUT2D eigenvalue weighted by Gasteiger charge is -2.12. The van der Waals surface area contributed by atoms with Crippen LogP contribution in [-0.2, 0) is 0 Å². The zero-order valence-electron chi connectivity index (χ0n) is 7.62. The molecule has 13 heavy (non-hydrogen) atoms. The van der Waals surface area contributed by atoms with Crippen molar-refractivity contribution in [1.82, 2.24) is 9.97 Å². The Morgan fingerprint density at radius 3 is 3.00 bits per heavy atom. The molecule has 1 aromatic heterocycles. The van der Waals surface area contributed by atoms with Crippen LogP contribution in [0.15, 0.2) is 6.20 Å². The SMILES string of the molecule is CCC(C)Oc1nc(Cl)ncc1N. The molecule has 0 aliphatic carbocycles. The zero-order valence-corrected chi connectivity index (χ0v) is 8.38. The Balaban J connectivity index is 2.81. The van der Waals surface area contributed by atoms with Gasteiger partial charge in [-0.25, -0.2) is 4.98 Å².